The zero-order chi connectivity index (χ0) is 13.0. The summed E-state index contributed by atoms with van der Waals surface area (Å²) in [5.41, 5.74) is 2.36. The first-order chi connectivity index (χ1) is 8.70. The van der Waals surface area contributed by atoms with Crippen LogP contribution in [0.3, 0.4) is 0 Å². The molecule has 0 fully saturated rings. The molecule has 1 unspecified atom stereocenters. The van der Waals surface area contributed by atoms with Crippen LogP contribution in [-0.4, -0.2) is 7.05 Å². The summed E-state index contributed by atoms with van der Waals surface area (Å²) in [6.07, 6.45) is 0.859. The Labute approximate surface area is 118 Å². The molecule has 3 heteroatoms. The normalized spacial score (nSPS) is 12.4. The van der Waals surface area contributed by atoms with Gasteiger partial charge in [0.05, 0.1) is 0 Å². The molecule has 1 nitrogen and oxygen atoms in total. The standard InChI is InChI=1S/C15H15Cl2N/c1-18-15(11-6-8-13(16)9-7-11)10-12-4-2-3-5-14(12)17/h2-9,15,18H,10H2,1H3. The fourth-order valence-electron chi connectivity index (χ4n) is 1.97. The van der Waals surface area contributed by atoms with Crippen LogP contribution in [0.1, 0.15) is 17.2 Å². The van der Waals surface area contributed by atoms with Crippen molar-refractivity contribution in [1.82, 2.24) is 5.32 Å². The third-order valence-electron chi connectivity index (χ3n) is 3.00. The molecule has 0 spiro atoms. The molecule has 0 aromatic heterocycles. The van der Waals surface area contributed by atoms with Gasteiger partial charge in [0, 0.05) is 16.1 Å². The molecule has 0 heterocycles. The van der Waals surface area contributed by atoms with Crippen molar-refractivity contribution < 1.29 is 0 Å². The van der Waals surface area contributed by atoms with Crippen LogP contribution in [-0.2, 0) is 6.42 Å². The zero-order valence-electron chi connectivity index (χ0n) is 10.2. The lowest BCUT2D eigenvalue weighted by atomic mass is 9.99. The number of nitrogens with one attached hydrogen (secondary N) is 1. The fraction of sp³-hybridized carbons (Fsp3) is 0.200. The summed E-state index contributed by atoms with van der Waals surface area (Å²) >= 11 is 12.1. The zero-order valence-corrected chi connectivity index (χ0v) is 11.7. The molecule has 94 valence electrons. The highest BCUT2D eigenvalue weighted by atomic mass is 35.5. The predicted octanol–water partition coefficient (Wildman–Crippen LogP) is 4.50. The lowest BCUT2D eigenvalue weighted by molar-refractivity contribution is 0.592. The average Bonchev–Trinajstić information content (AvgIpc) is 2.39. The summed E-state index contributed by atoms with van der Waals surface area (Å²) in [4.78, 5) is 0. The van der Waals surface area contributed by atoms with Crippen molar-refractivity contribution in [2.75, 3.05) is 7.05 Å². The van der Waals surface area contributed by atoms with E-state index in [-0.39, 0.29) is 6.04 Å². The minimum absolute atomic E-state index is 0.238. The van der Waals surface area contributed by atoms with Gasteiger partial charge in [-0.05, 0) is 42.8 Å². The maximum absolute atomic E-state index is 6.19. The van der Waals surface area contributed by atoms with Crippen LogP contribution in [0.15, 0.2) is 48.5 Å². The molecule has 0 bridgehead atoms. The number of rotatable bonds is 4. The van der Waals surface area contributed by atoms with E-state index in [1.54, 1.807) is 0 Å². The maximum Gasteiger partial charge on any atom is 0.0438 e. The van der Waals surface area contributed by atoms with Crippen molar-refractivity contribution in [3.63, 3.8) is 0 Å². The van der Waals surface area contributed by atoms with Gasteiger partial charge in [0.25, 0.3) is 0 Å². The molecular weight excluding hydrogens is 265 g/mol. The van der Waals surface area contributed by atoms with Gasteiger partial charge in [-0.3, -0.25) is 0 Å². The van der Waals surface area contributed by atoms with Crippen LogP contribution in [0.5, 0.6) is 0 Å². The Morgan fingerprint density at radius 2 is 1.67 bits per heavy atom. The first-order valence-corrected chi connectivity index (χ1v) is 6.62. The first kappa shape index (κ1) is 13.4. The van der Waals surface area contributed by atoms with Gasteiger partial charge in [-0.25, -0.2) is 0 Å². The van der Waals surface area contributed by atoms with Crippen LogP contribution in [0.4, 0.5) is 0 Å². The van der Waals surface area contributed by atoms with Gasteiger partial charge in [-0.1, -0.05) is 53.5 Å². The van der Waals surface area contributed by atoms with E-state index in [1.807, 2.05) is 49.5 Å². The Hall–Kier alpha value is -1.02. The van der Waals surface area contributed by atoms with E-state index >= 15 is 0 Å². The third-order valence-corrected chi connectivity index (χ3v) is 3.62. The Morgan fingerprint density at radius 1 is 1.00 bits per heavy atom. The van der Waals surface area contributed by atoms with Crippen molar-refractivity contribution in [1.29, 1.82) is 0 Å². The summed E-state index contributed by atoms with van der Waals surface area (Å²) in [6, 6.07) is 16.1. The van der Waals surface area contributed by atoms with Crippen molar-refractivity contribution in [2.24, 2.45) is 0 Å². The molecule has 0 saturated carbocycles. The van der Waals surface area contributed by atoms with Gasteiger partial charge in [0.2, 0.25) is 0 Å². The number of likely N-dealkylation sites (N-methyl/N-ethyl adjacent to an activating group) is 1. The Balaban J connectivity index is 2.20. The van der Waals surface area contributed by atoms with Crippen LogP contribution < -0.4 is 5.32 Å². The van der Waals surface area contributed by atoms with E-state index in [9.17, 15) is 0 Å². The largest absolute Gasteiger partial charge is 0.313 e. The van der Waals surface area contributed by atoms with Crippen molar-refractivity contribution in [3.05, 3.63) is 69.7 Å². The van der Waals surface area contributed by atoms with Crippen molar-refractivity contribution in [2.45, 2.75) is 12.5 Å². The smallest absolute Gasteiger partial charge is 0.0438 e. The van der Waals surface area contributed by atoms with Gasteiger partial charge in [-0.15, -0.1) is 0 Å². The molecule has 1 N–H and O–H groups in total. The molecule has 2 aromatic carbocycles. The average molecular weight is 280 g/mol. The van der Waals surface area contributed by atoms with Gasteiger partial charge in [-0.2, -0.15) is 0 Å². The van der Waals surface area contributed by atoms with E-state index < -0.39 is 0 Å². The Morgan fingerprint density at radius 3 is 2.28 bits per heavy atom. The molecule has 18 heavy (non-hydrogen) atoms. The summed E-state index contributed by atoms with van der Waals surface area (Å²) < 4.78 is 0. The molecule has 0 saturated heterocycles. The van der Waals surface area contributed by atoms with E-state index in [4.69, 9.17) is 23.2 Å². The molecule has 0 amide bonds. The van der Waals surface area contributed by atoms with Crippen molar-refractivity contribution >= 4 is 23.2 Å². The topological polar surface area (TPSA) is 12.0 Å². The van der Waals surface area contributed by atoms with E-state index in [2.05, 4.69) is 11.4 Å². The third kappa shape index (κ3) is 3.26. The second-order valence-electron chi connectivity index (χ2n) is 4.19. The fourth-order valence-corrected chi connectivity index (χ4v) is 2.30. The quantitative estimate of drug-likeness (QED) is 0.869. The molecular formula is C15H15Cl2N. The van der Waals surface area contributed by atoms with Crippen LogP contribution in [0.2, 0.25) is 10.0 Å². The van der Waals surface area contributed by atoms with Gasteiger partial charge in [0.15, 0.2) is 0 Å². The van der Waals surface area contributed by atoms with Crippen LogP contribution in [0.25, 0.3) is 0 Å². The minimum atomic E-state index is 0.238. The number of hydrogen-bond acceptors (Lipinski definition) is 1. The van der Waals surface area contributed by atoms with Gasteiger partial charge < -0.3 is 5.32 Å². The van der Waals surface area contributed by atoms with E-state index in [1.165, 1.54) is 5.56 Å². The number of hydrogen-bond donors (Lipinski definition) is 1. The van der Waals surface area contributed by atoms with Gasteiger partial charge >= 0.3 is 0 Å². The molecule has 0 aliphatic carbocycles. The number of halogens is 2. The highest BCUT2D eigenvalue weighted by molar-refractivity contribution is 6.31. The van der Waals surface area contributed by atoms with E-state index in [0.29, 0.717) is 0 Å². The molecule has 0 aliphatic rings. The monoisotopic (exact) mass is 279 g/mol. The van der Waals surface area contributed by atoms with Crippen LogP contribution >= 0.6 is 23.2 Å². The van der Waals surface area contributed by atoms with E-state index in [0.717, 1.165) is 22.0 Å². The highest BCUT2D eigenvalue weighted by Crippen LogP contribution is 2.24. The summed E-state index contributed by atoms with van der Waals surface area (Å²) in [7, 11) is 1.95. The number of benzene rings is 2. The summed E-state index contributed by atoms with van der Waals surface area (Å²) in [5.74, 6) is 0. The Kier molecular flexibility index (Phi) is 4.65. The second kappa shape index (κ2) is 6.24. The first-order valence-electron chi connectivity index (χ1n) is 5.87. The minimum Gasteiger partial charge on any atom is -0.313 e. The summed E-state index contributed by atoms with van der Waals surface area (Å²) in [5, 5.41) is 4.88. The maximum atomic E-state index is 6.19. The van der Waals surface area contributed by atoms with Gasteiger partial charge in [0.1, 0.15) is 0 Å². The van der Waals surface area contributed by atoms with Crippen molar-refractivity contribution in [3.8, 4) is 0 Å². The summed E-state index contributed by atoms with van der Waals surface area (Å²) in [6.45, 7) is 0. The molecule has 0 aliphatic heterocycles. The second-order valence-corrected chi connectivity index (χ2v) is 5.03. The lowest BCUT2D eigenvalue weighted by Gasteiger charge is -2.17. The molecule has 2 aromatic rings. The lowest BCUT2D eigenvalue weighted by Crippen LogP contribution is -2.18. The van der Waals surface area contributed by atoms with Crippen LogP contribution in [0, 0.1) is 0 Å². The molecule has 1 atom stereocenters. The highest BCUT2D eigenvalue weighted by Gasteiger charge is 2.11. The predicted molar refractivity (Wildman–Crippen MR) is 78.4 cm³/mol. The molecule has 2 rings (SSSR count). The Bertz CT molecular complexity index is 508. The SMILES string of the molecule is CNC(Cc1ccccc1Cl)c1ccc(Cl)cc1. The molecule has 0 radical (unpaired) electrons.